The first-order chi connectivity index (χ1) is 6.97. The number of hydrogen-bond donors (Lipinski definition) is 0. The highest BCUT2D eigenvalue weighted by atomic mass is 35.5. The van der Waals surface area contributed by atoms with Crippen LogP contribution < -0.4 is 0 Å². The van der Waals surface area contributed by atoms with Gasteiger partial charge in [0.15, 0.2) is 5.69 Å². The van der Waals surface area contributed by atoms with Crippen molar-refractivity contribution < 1.29 is 13.6 Å². The highest BCUT2D eigenvalue weighted by molar-refractivity contribution is 6.69. The summed E-state index contributed by atoms with van der Waals surface area (Å²) in [5, 5.41) is 7.25. The van der Waals surface area contributed by atoms with Gasteiger partial charge in [0.2, 0.25) is 0 Å². The molecule has 0 unspecified atom stereocenters. The van der Waals surface area contributed by atoms with Crippen molar-refractivity contribution >= 4 is 28.4 Å². The van der Waals surface area contributed by atoms with Gasteiger partial charge in [0.25, 0.3) is 11.7 Å². The average molecular weight is 251 g/mol. The Morgan fingerprint density at radius 2 is 2.20 bits per heavy atom. The summed E-state index contributed by atoms with van der Waals surface area (Å²) in [5.74, 6) is 0. The summed E-state index contributed by atoms with van der Waals surface area (Å²) in [7, 11) is 0. The summed E-state index contributed by atoms with van der Waals surface area (Å²) in [4.78, 5) is 14.1. The maximum atomic E-state index is 12.2. The fourth-order valence-corrected chi connectivity index (χ4v) is 1.44. The second-order valence-corrected chi connectivity index (χ2v) is 3.19. The minimum Gasteiger partial charge on any atom is -0.275 e. The molecule has 0 aromatic carbocycles. The lowest BCUT2D eigenvalue weighted by atomic mass is 10.2. The van der Waals surface area contributed by atoms with Gasteiger partial charge in [-0.05, 0) is 17.7 Å². The van der Waals surface area contributed by atoms with Crippen LogP contribution in [0.25, 0.3) is 0 Å². The van der Waals surface area contributed by atoms with E-state index in [-0.39, 0.29) is 10.6 Å². The molecule has 0 saturated carbocycles. The number of nitriles is 1. The molecule has 7 heteroatoms. The zero-order valence-corrected chi connectivity index (χ0v) is 8.48. The molecular formula is C8H2Cl2F2N2O. The van der Waals surface area contributed by atoms with Crippen LogP contribution in [0.4, 0.5) is 8.78 Å². The SMILES string of the molecule is N#Cc1nc(C(F)F)cc(Cl)c1C(=O)Cl. The van der Waals surface area contributed by atoms with Crippen molar-refractivity contribution in [3.63, 3.8) is 0 Å². The van der Waals surface area contributed by atoms with Crippen LogP contribution in [0.3, 0.4) is 0 Å². The third-order valence-electron chi connectivity index (χ3n) is 1.52. The molecule has 0 fully saturated rings. The van der Waals surface area contributed by atoms with E-state index >= 15 is 0 Å². The van der Waals surface area contributed by atoms with Crippen molar-refractivity contribution in [1.82, 2.24) is 4.98 Å². The molecule has 0 bridgehead atoms. The molecule has 0 aliphatic carbocycles. The summed E-state index contributed by atoms with van der Waals surface area (Å²) in [6, 6.07) is 2.29. The maximum Gasteiger partial charge on any atom is 0.280 e. The van der Waals surface area contributed by atoms with Crippen molar-refractivity contribution in [2.45, 2.75) is 6.43 Å². The molecule has 1 heterocycles. The number of aromatic nitrogens is 1. The van der Waals surface area contributed by atoms with E-state index < -0.39 is 23.1 Å². The molecule has 0 spiro atoms. The van der Waals surface area contributed by atoms with Crippen LogP contribution in [0.15, 0.2) is 6.07 Å². The third kappa shape index (κ3) is 2.41. The van der Waals surface area contributed by atoms with Crippen LogP contribution in [0.1, 0.15) is 28.2 Å². The minimum atomic E-state index is -2.87. The molecule has 0 aliphatic rings. The predicted octanol–water partition coefficient (Wildman–Crippen LogP) is 2.92. The minimum absolute atomic E-state index is 0.308. The van der Waals surface area contributed by atoms with Gasteiger partial charge in [0.05, 0.1) is 10.6 Å². The lowest BCUT2D eigenvalue weighted by Gasteiger charge is -2.04. The molecular weight excluding hydrogens is 249 g/mol. The summed E-state index contributed by atoms with van der Waals surface area (Å²) in [5.41, 5.74) is -1.53. The summed E-state index contributed by atoms with van der Waals surface area (Å²) in [6.45, 7) is 0. The van der Waals surface area contributed by atoms with E-state index in [0.29, 0.717) is 0 Å². The molecule has 78 valence electrons. The highest BCUT2D eigenvalue weighted by Crippen LogP contribution is 2.26. The molecule has 1 rings (SSSR count). The van der Waals surface area contributed by atoms with Gasteiger partial charge in [-0.2, -0.15) is 5.26 Å². The van der Waals surface area contributed by atoms with E-state index in [9.17, 15) is 13.6 Å². The molecule has 15 heavy (non-hydrogen) atoms. The molecule has 1 aromatic rings. The first-order valence-corrected chi connectivity index (χ1v) is 4.31. The van der Waals surface area contributed by atoms with Gasteiger partial charge in [0, 0.05) is 0 Å². The van der Waals surface area contributed by atoms with Crippen molar-refractivity contribution in [2.24, 2.45) is 0 Å². The first kappa shape index (κ1) is 11.8. The average Bonchev–Trinajstić information content (AvgIpc) is 2.15. The highest BCUT2D eigenvalue weighted by Gasteiger charge is 2.20. The van der Waals surface area contributed by atoms with Crippen LogP contribution in [-0.2, 0) is 0 Å². The van der Waals surface area contributed by atoms with E-state index in [1.807, 2.05) is 0 Å². The second-order valence-electron chi connectivity index (χ2n) is 2.44. The maximum absolute atomic E-state index is 12.2. The van der Waals surface area contributed by atoms with Gasteiger partial charge < -0.3 is 0 Å². The van der Waals surface area contributed by atoms with E-state index in [1.54, 1.807) is 0 Å². The van der Waals surface area contributed by atoms with E-state index in [0.717, 1.165) is 6.07 Å². The van der Waals surface area contributed by atoms with Gasteiger partial charge >= 0.3 is 0 Å². The molecule has 1 aromatic heterocycles. The fourth-order valence-electron chi connectivity index (χ4n) is 0.912. The lowest BCUT2D eigenvalue weighted by molar-refractivity contribution is 0.107. The zero-order chi connectivity index (χ0) is 11.6. The van der Waals surface area contributed by atoms with Gasteiger partial charge in [-0.25, -0.2) is 13.8 Å². The molecule has 0 amide bonds. The molecule has 0 aliphatic heterocycles. The quantitative estimate of drug-likeness (QED) is 0.759. The number of pyridine rings is 1. The van der Waals surface area contributed by atoms with E-state index in [1.165, 1.54) is 6.07 Å². The lowest BCUT2D eigenvalue weighted by Crippen LogP contribution is -2.02. The number of rotatable bonds is 2. The van der Waals surface area contributed by atoms with Crippen LogP contribution in [0.2, 0.25) is 5.02 Å². The standard InChI is InChI=1S/C8H2Cl2F2N2O/c9-3-1-4(8(11)12)14-5(2-13)6(3)7(10)15/h1,8H. The molecule has 0 radical (unpaired) electrons. The smallest absolute Gasteiger partial charge is 0.275 e. The zero-order valence-electron chi connectivity index (χ0n) is 6.97. The van der Waals surface area contributed by atoms with E-state index in [2.05, 4.69) is 4.98 Å². The second kappa shape index (κ2) is 4.51. The summed E-state index contributed by atoms with van der Waals surface area (Å²) in [6.07, 6.45) is -2.87. The van der Waals surface area contributed by atoms with Gasteiger partial charge in [-0.15, -0.1) is 0 Å². The number of hydrogen-bond acceptors (Lipinski definition) is 3. The Morgan fingerprint density at radius 3 is 2.60 bits per heavy atom. The third-order valence-corrected chi connectivity index (χ3v) is 2.00. The largest absolute Gasteiger partial charge is 0.280 e. The predicted molar refractivity (Wildman–Crippen MR) is 49.1 cm³/mol. The molecule has 0 N–H and O–H groups in total. The fraction of sp³-hybridized carbons (Fsp3) is 0.125. The van der Waals surface area contributed by atoms with Crippen molar-refractivity contribution in [1.29, 1.82) is 5.26 Å². The Bertz CT molecular complexity index is 457. The molecule has 0 saturated heterocycles. The Labute approximate surface area is 93.2 Å². The number of nitrogens with zero attached hydrogens (tertiary/aromatic N) is 2. The van der Waals surface area contributed by atoms with Gasteiger partial charge in [0.1, 0.15) is 11.8 Å². The van der Waals surface area contributed by atoms with Crippen molar-refractivity contribution in [3.8, 4) is 6.07 Å². The number of alkyl halides is 2. The van der Waals surface area contributed by atoms with Crippen LogP contribution in [0, 0.1) is 11.3 Å². The Morgan fingerprint density at radius 1 is 1.60 bits per heavy atom. The Hall–Kier alpha value is -1.25. The monoisotopic (exact) mass is 250 g/mol. The van der Waals surface area contributed by atoms with Crippen LogP contribution in [-0.4, -0.2) is 10.2 Å². The molecule has 0 atom stereocenters. The van der Waals surface area contributed by atoms with Gasteiger partial charge in [-0.1, -0.05) is 11.6 Å². The Balaban J connectivity index is 3.46. The number of carbonyl (C=O) groups excluding carboxylic acids is 1. The summed E-state index contributed by atoms with van der Waals surface area (Å²) < 4.78 is 24.5. The number of carbonyl (C=O) groups is 1. The van der Waals surface area contributed by atoms with Crippen molar-refractivity contribution in [3.05, 3.63) is 28.0 Å². The topological polar surface area (TPSA) is 53.8 Å². The molecule has 3 nitrogen and oxygen atoms in total. The number of halogens is 4. The first-order valence-electron chi connectivity index (χ1n) is 3.56. The van der Waals surface area contributed by atoms with Crippen molar-refractivity contribution in [2.75, 3.05) is 0 Å². The van der Waals surface area contributed by atoms with Crippen LogP contribution in [0.5, 0.6) is 0 Å². The Kier molecular flexibility index (Phi) is 3.56. The normalized spacial score (nSPS) is 10.1. The van der Waals surface area contributed by atoms with Gasteiger partial charge in [-0.3, -0.25) is 4.79 Å². The van der Waals surface area contributed by atoms with Crippen LogP contribution >= 0.6 is 23.2 Å². The van der Waals surface area contributed by atoms with E-state index in [4.69, 9.17) is 28.5 Å². The summed E-state index contributed by atoms with van der Waals surface area (Å²) >= 11 is 10.6.